The second kappa shape index (κ2) is 7.03. The molecular formula is C20H17FN4O2. The summed E-state index contributed by atoms with van der Waals surface area (Å²) in [6.45, 7) is 0.667. The Morgan fingerprint density at radius 2 is 1.96 bits per heavy atom. The van der Waals surface area contributed by atoms with Crippen LogP contribution < -0.4 is 5.32 Å². The molecule has 3 aromatic rings. The molecule has 0 radical (unpaired) electrons. The van der Waals surface area contributed by atoms with Crippen LogP contribution >= 0.6 is 0 Å². The zero-order chi connectivity index (χ0) is 18.8. The number of halogens is 1. The number of benzene rings is 2. The van der Waals surface area contributed by atoms with Crippen LogP contribution in [0.15, 0.2) is 60.8 Å². The van der Waals surface area contributed by atoms with Crippen molar-refractivity contribution in [3.63, 3.8) is 0 Å². The summed E-state index contributed by atoms with van der Waals surface area (Å²) in [7, 11) is 0. The lowest BCUT2D eigenvalue weighted by molar-refractivity contribution is -0.128. The van der Waals surface area contributed by atoms with E-state index in [-0.39, 0.29) is 11.8 Å². The molecule has 7 heteroatoms. The lowest BCUT2D eigenvalue weighted by Crippen LogP contribution is -2.52. The van der Waals surface area contributed by atoms with Crippen molar-refractivity contribution in [1.82, 2.24) is 20.4 Å². The van der Waals surface area contributed by atoms with Crippen LogP contribution in [-0.2, 0) is 4.79 Å². The number of aromatic nitrogens is 2. The van der Waals surface area contributed by atoms with E-state index in [1.54, 1.807) is 6.07 Å². The highest BCUT2D eigenvalue weighted by atomic mass is 19.1. The Balaban J connectivity index is 1.72. The Morgan fingerprint density at radius 1 is 1.15 bits per heavy atom. The molecule has 0 spiro atoms. The van der Waals surface area contributed by atoms with Crippen LogP contribution in [0.4, 0.5) is 4.39 Å². The quantitative estimate of drug-likeness (QED) is 0.750. The molecule has 2 N–H and O–H groups in total. The minimum absolute atomic E-state index is 0.325. The van der Waals surface area contributed by atoms with Crippen LogP contribution in [0.3, 0.4) is 0 Å². The molecular weight excluding hydrogens is 347 g/mol. The lowest BCUT2D eigenvalue weighted by atomic mass is 10.00. The fourth-order valence-corrected chi connectivity index (χ4v) is 3.32. The van der Waals surface area contributed by atoms with Gasteiger partial charge in [-0.1, -0.05) is 42.5 Å². The van der Waals surface area contributed by atoms with Crippen LogP contribution in [0.1, 0.15) is 22.0 Å². The van der Waals surface area contributed by atoms with E-state index in [4.69, 9.17) is 0 Å². The second-order valence-corrected chi connectivity index (χ2v) is 6.27. The van der Waals surface area contributed by atoms with Gasteiger partial charge in [0.2, 0.25) is 5.91 Å². The van der Waals surface area contributed by atoms with Crippen LogP contribution in [-0.4, -0.2) is 40.0 Å². The summed E-state index contributed by atoms with van der Waals surface area (Å²) >= 11 is 0. The number of nitrogens with zero attached hydrogens (tertiary/aromatic N) is 2. The average Bonchev–Trinajstić information content (AvgIpc) is 3.18. The second-order valence-electron chi connectivity index (χ2n) is 6.27. The van der Waals surface area contributed by atoms with Crippen molar-refractivity contribution in [2.24, 2.45) is 0 Å². The average molecular weight is 364 g/mol. The molecule has 6 nitrogen and oxygen atoms in total. The fraction of sp³-hybridized carbons (Fsp3) is 0.150. The maximum Gasteiger partial charge on any atom is 0.258 e. The first kappa shape index (κ1) is 17.0. The van der Waals surface area contributed by atoms with E-state index in [1.807, 2.05) is 30.3 Å². The van der Waals surface area contributed by atoms with Gasteiger partial charge < -0.3 is 10.2 Å². The Morgan fingerprint density at radius 3 is 2.74 bits per heavy atom. The van der Waals surface area contributed by atoms with Gasteiger partial charge in [0.05, 0.1) is 17.5 Å². The highest BCUT2D eigenvalue weighted by Crippen LogP contribution is 2.28. The van der Waals surface area contributed by atoms with Gasteiger partial charge in [0.15, 0.2) is 0 Å². The molecule has 1 fully saturated rings. The normalized spacial score (nSPS) is 16.9. The number of hydrogen-bond acceptors (Lipinski definition) is 3. The maximum absolute atomic E-state index is 13.7. The monoisotopic (exact) mass is 364 g/mol. The predicted molar refractivity (Wildman–Crippen MR) is 97.2 cm³/mol. The van der Waals surface area contributed by atoms with Crippen molar-refractivity contribution < 1.29 is 14.0 Å². The number of nitrogens with one attached hydrogen (secondary N) is 2. The number of H-pyrrole nitrogens is 1. The molecule has 1 saturated heterocycles. The highest BCUT2D eigenvalue weighted by molar-refractivity contribution is 6.02. The molecule has 0 unspecified atom stereocenters. The number of aromatic amines is 1. The van der Waals surface area contributed by atoms with Crippen molar-refractivity contribution in [1.29, 1.82) is 0 Å². The number of piperazine rings is 1. The Kier molecular flexibility index (Phi) is 4.42. The van der Waals surface area contributed by atoms with E-state index in [2.05, 4.69) is 15.5 Å². The molecule has 0 bridgehead atoms. The summed E-state index contributed by atoms with van der Waals surface area (Å²) in [4.78, 5) is 27.2. The SMILES string of the molecule is O=C1NCCN(C(=O)c2cn[nH]c2-c2ccccc2)[C@H]1c1cccc(F)c1. The van der Waals surface area contributed by atoms with Crippen molar-refractivity contribution in [2.75, 3.05) is 13.1 Å². The van der Waals surface area contributed by atoms with E-state index in [9.17, 15) is 14.0 Å². The molecule has 1 aromatic heterocycles. The topological polar surface area (TPSA) is 78.1 Å². The van der Waals surface area contributed by atoms with Crippen LogP contribution in [0.5, 0.6) is 0 Å². The van der Waals surface area contributed by atoms with E-state index in [1.165, 1.54) is 29.3 Å². The van der Waals surface area contributed by atoms with Gasteiger partial charge in [-0.2, -0.15) is 5.10 Å². The first-order chi connectivity index (χ1) is 13.1. The number of carbonyl (C=O) groups is 2. The van der Waals surface area contributed by atoms with Crippen molar-refractivity contribution in [3.8, 4) is 11.3 Å². The number of amides is 2. The molecule has 27 heavy (non-hydrogen) atoms. The zero-order valence-electron chi connectivity index (χ0n) is 14.4. The Bertz CT molecular complexity index is 986. The number of rotatable bonds is 3. The molecule has 0 aliphatic carbocycles. The molecule has 1 atom stereocenters. The third-order valence-electron chi connectivity index (χ3n) is 4.57. The molecule has 4 rings (SSSR count). The molecule has 2 amide bonds. The van der Waals surface area contributed by atoms with E-state index < -0.39 is 11.9 Å². The Labute approximate surface area is 155 Å². The van der Waals surface area contributed by atoms with Crippen LogP contribution in [0, 0.1) is 5.82 Å². The molecule has 0 saturated carbocycles. The van der Waals surface area contributed by atoms with Gasteiger partial charge in [0, 0.05) is 18.7 Å². The standard InChI is InChI=1S/C20H17FN4O2/c21-15-8-4-7-14(11-15)18-19(26)22-9-10-25(18)20(27)16-12-23-24-17(16)13-5-2-1-3-6-13/h1-8,11-12,18H,9-10H2,(H,22,26)(H,23,24)/t18-/m0/s1. The zero-order valence-corrected chi connectivity index (χ0v) is 14.4. The summed E-state index contributed by atoms with van der Waals surface area (Å²) in [5.74, 6) is -1.11. The molecule has 2 aromatic carbocycles. The first-order valence-corrected chi connectivity index (χ1v) is 8.58. The summed E-state index contributed by atoms with van der Waals surface area (Å²) in [6.07, 6.45) is 1.46. The highest BCUT2D eigenvalue weighted by Gasteiger charge is 2.36. The van der Waals surface area contributed by atoms with Gasteiger partial charge >= 0.3 is 0 Å². The molecule has 1 aliphatic heterocycles. The maximum atomic E-state index is 13.7. The summed E-state index contributed by atoms with van der Waals surface area (Å²) < 4.78 is 13.7. The predicted octanol–water partition coefficient (Wildman–Crippen LogP) is 2.53. The van der Waals surface area contributed by atoms with Crippen LogP contribution in [0.25, 0.3) is 11.3 Å². The minimum Gasteiger partial charge on any atom is -0.352 e. The third-order valence-corrected chi connectivity index (χ3v) is 4.57. The molecule has 2 heterocycles. The Hall–Kier alpha value is -3.48. The van der Waals surface area contributed by atoms with Crippen molar-refractivity contribution in [2.45, 2.75) is 6.04 Å². The van der Waals surface area contributed by atoms with E-state index in [0.29, 0.717) is 29.9 Å². The van der Waals surface area contributed by atoms with E-state index >= 15 is 0 Å². The largest absolute Gasteiger partial charge is 0.352 e. The lowest BCUT2D eigenvalue weighted by Gasteiger charge is -2.35. The first-order valence-electron chi connectivity index (χ1n) is 8.58. The molecule has 136 valence electrons. The van der Waals surface area contributed by atoms with Crippen LogP contribution in [0.2, 0.25) is 0 Å². The minimum atomic E-state index is -0.888. The molecule has 1 aliphatic rings. The van der Waals surface area contributed by atoms with Gasteiger partial charge in [-0.15, -0.1) is 0 Å². The number of carbonyl (C=O) groups excluding carboxylic acids is 2. The third kappa shape index (κ3) is 3.19. The summed E-state index contributed by atoms with van der Waals surface area (Å²) in [6, 6.07) is 14.2. The summed E-state index contributed by atoms with van der Waals surface area (Å²) in [5.41, 5.74) is 2.22. The smallest absolute Gasteiger partial charge is 0.258 e. The van der Waals surface area contributed by atoms with E-state index in [0.717, 1.165) is 5.56 Å². The fourth-order valence-electron chi connectivity index (χ4n) is 3.32. The van der Waals surface area contributed by atoms with Gasteiger partial charge in [-0.05, 0) is 17.7 Å². The van der Waals surface area contributed by atoms with Gasteiger partial charge in [-0.3, -0.25) is 14.7 Å². The number of hydrogen-bond donors (Lipinski definition) is 2. The van der Waals surface area contributed by atoms with Gasteiger partial charge in [0.1, 0.15) is 11.9 Å². The van der Waals surface area contributed by atoms with Gasteiger partial charge in [-0.25, -0.2) is 4.39 Å². The summed E-state index contributed by atoms with van der Waals surface area (Å²) in [5, 5.41) is 9.62. The van der Waals surface area contributed by atoms with Crippen molar-refractivity contribution in [3.05, 3.63) is 77.7 Å². The van der Waals surface area contributed by atoms with Gasteiger partial charge in [0.25, 0.3) is 5.91 Å². The van der Waals surface area contributed by atoms with Crippen molar-refractivity contribution >= 4 is 11.8 Å².